The molecule has 0 unspecified atom stereocenters. The van der Waals surface area contributed by atoms with E-state index >= 15 is 0 Å². The van der Waals surface area contributed by atoms with Gasteiger partial charge in [-0.3, -0.25) is 19.8 Å². The van der Waals surface area contributed by atoms with Crippen molar-refractivity contribution in [2.24, 2.45) is 4.99 Å². The number of aryl methyl sites for hydroxylation is 2. The summed E-state index contributed by atoms with van der Waals surface area (Å²) in [5.74, 6) is 1.60. The maximum absolute atomic E-state index is 13.4. The Bertz CT molecular complexity index is 1260. The van der Waals surface area contributed by atoms with E-state index in [1.165, 1.54) is 10.4 Å². The number of hydrazine groups is 1. The highest BCUT2D eigenvalue weighted by atomic mass is 35.5. The third kappa shape index (κ3) is 4.07. The van der Waals surface area contributed by atoms with Crippen LogP contribution in [0.1, 0.15) is 45.7 Å². The number of carbonyl (C=O) groups is 1. The quantitative estimate of drug-likeness (QED) is 0.597. The summed E-state index contributed by atoms with van der Waals surface area (Å²) in [6.45, 7) is 9.19. The summed E-state index contributed by atoms with van der Waals surface area (Å²) in [7, 11) is 1.91. The van der Waals surface area contributed by atoms with Crippen molar-refractivity contribution < 1.29 is 4.79 Å². The summed E-state index contributed by atoms with van der Waals surface area (Å²) in [4.78, 5) is 21.7. The van der Waals surface area contributed by atoms with Gasteiger partial charge in [-0.1, -0.05) is 23.7 Å². The van der Waals surface area contributed by atoms with Gasteiger partial charge in [0.05, 0.1) is 12.1 Å². The van der Waals surface area contributed by atoms with Crippen LogP contribution in [0.5, 0.6) is 0 Å². The van der Waals surface area contributed by atoms with Gasteiger partial charge in [0.25, 0.3) is 0 Å². The molecule has 8 nitrogen and oxygen atoms in total. The summed E-state index contributed by atoms with van der Waals surface area (Å²) in [6.07, 6.45) is 0.252. The molecule has 1 aromatic carbocycles. The number of benzene rings is 1. The lowest BCUT2D eigenvalue weighted by Crippen LogP contribution is -2.52. The van der Waals surface area contributed by atoms with E-state index < -0.39 is 6.04 Å². The minimum absolute atomic E-state index is 0.0883. The molecule has 2 aliphatic heterocycles. The Kier molecular flexibility index (Phi) is 6.28. The Hall–Kier alpha value is -2.59. The molecule has 1 N–H and O–H groups in total. The van der Waals surface area contributed by atoms with Crippen LogP contribution >= 0.6 is 22.9 Å². The molecule has 3 aromatic rings. The second-order valence-electron chi connectivity index (χ2n) is 8.70. The highest BCUT2D eigenvalue weighted by Gasteiger charge is 2.33. The average molecular weight is 498 g/mol. The fourth-order valence-electron chi connectivity index (χ4n) is 4.61. The smallest absolute Gasteiger partial charge is 0.225 e. The lowest BCUT2D eigenvalue weighted by atomic mass is 9.99. The zero-order chi connectivity index (χ0) is 24.0. The Morgan fingerprint density at radius 3 is 2.50 bits per heavy atom. The lowest BCUT2D eigenvalue weighted by molar-refractivity contribution is -0.133. The van der Waals surface area contributed by atoms with Gasteiger partial charge in [0, 0.05) is 47.2 Å². The molecular weight excluding hydrogens is 470 g/mol. The molecule has 0 bridgehead atoms. The standard InChI is InChI=1S/C24H28ClN7OS/c1-14-15(2)34-24-21(14)22(17-5-7-18(25)8-6-17)27-19(23-29-28-16(3)32(23)24)13-20(33)30-9-11-31(26-4)12-10-30/h5-8,19,26H,9-13H2,1-4H3/t19-/m0/s1. The largest absolute Gasteiger partial charge is 0.340 e. The molecule has 1 fully saturated rings. The molecule has 0 spiro atoms. The number of piperazine rings is 1. The monoisotopic (exact) mass is 497 g/mol. The molecule has 1 amide bonds. The van der Waals surface area contributed by atoms with Crippen LogP contribution in [-0.4, -0.2) is 69.5 Å². The molecule has 5 rings (SSSR count). The molecule has 1 saturated heterocycles. The van der Waals surface area contributed by atoms with Gasteiger partial charge in [-0.05, 0) is 45.5 Å². The van der Waals surface area contributed by atoms with Gasteiger partial charge >= 0.3 is 0 Å². The summed E-state index contributed by atoms with van der Waals surface area (Å²) in [6, 6.07) is 7.32. The summed E-state index contributed by atoms with van der Waals surface area (Å²) >= 11 is 7.89. The Morgan fingerprint density at radius 1 is 1.12 bits per heavy atom. The van der Waals surface area contributed by atoms with Crippen LogP contribution in [0, 0.1) is 20.8 Å². The topological polar surface area (TPSA) is 78.6 Å². The van der Waals surface area contributed by atoms with E-state index in [2.05, 4.69) is 39.0 Å². The van der Waals surface area contributed by atoms with E-state index in [9.17, 15) is 4.79 Å². The van der Waals surface area contributed by atoms with Crippen LogP contribution in [0.25, 0.3) is 5.00 Å². The van der Waals surface area contributed by atoms with Gasteiger partial charge in [-0.2, -0.15) is 0 Å². The van der Waals surface area contributed by atoms with Crippen molar-refractivity contribution in [2.45, 2.75) is 33.2 Å². The number of thiophene rings is 1. The average Bonchev–Trinajstić information content (AvgIpc) is 3.31. The van der Waals surface area contributed by atoms with Crippen molar-refractivity contribution in [1.82, 2.24) is 30.1 Å². The maximum atomic E-state index is 13.4. The summed E-state index contributed by atoms with van der Waals surface area (Å²) < 4.78 is 2.09. The van der Waals surface area contributed by atoms with Crippen molar-refractivity contribution >= 4 is 34.6 Å². The van der Waals surface area contributed by atoms with Crippen LogP contribution in [0.3, 0.4) is 0 Å². The Balaban J connectivity index is 1.58. The van der Waals surface area contributed by atoms with Crippen molar-refractivity contribution in [1.29, 1.82) is 0 Å². The number of aliphatic imine (C=N–C) groups is 1. The van der Waals surface area contributed by atoms with Crippen molar-refractivity contribution in [3.63, 3.8) is 0 Å². The minimum atomic E-state index is -0.430. The van der Waals surface area contributed by atoms with Gasteiger partial charge in [0.2, 0.25) is 5.91 Å². The van der Waals surface area contributed by atoms with Crippen LogP contribution in [0.4, 0.5) is 0 Å². The van der Waals surface area contributed by atoms with Gasteiger partial charge in [-0.15, -0.1) is 21.5 Å². The lowest BCUT2D eigenvalue weighted by Gasteiger charge is -2.34. The molecule has 10 heteroatoms. The number of amides is 1. The molecule has 0 radical (unpaired) electrons. The number of carbonyl (C=O) groups excluding carboxylic acids is 1. The first-order valence-corrected chi connectivity index (χ1v) is 12.6. The first-order chi connectivity index (χ1) is 16.4. The fraction of sp³-hybridized carbons (Fsp3) is 0.417. The molecule has 178 valence electrons. The number of nitrogens with zero attached hydrogens (tertiary/aromatic N) is 6. The zero-order valence-electron chi connectivity index (χ0n) is 19.8. The number of hydrogen-bond acceptors (Lipinski definition) is 7. The number of halogens is 1. The van der Waals surface area contributed by atoms with Gasteiger partial charge < -0.3 is 4.90 Å². The molecule has 34 heavy (non-hydrogen) atoms. The second kappa shape index (κ2) is 9.22. The SMILES string of the molecule is CNN1CCN(C(=O)C[C@@H]2N=C(c3ccc(Cl)cc3)c3c(sc(C)c3C)-n3c(C)nnc32)CC1. The van der Waals surface area contributed by atoms with Crippen LogP contribution in [0.15, 0.2) is 29.3 Å². The van der Waals surface area contributed by atoms with Crippen molar-refractivity contribution in [2.75, 3.05) is 33.2 Å². The van der Waals surface area contributed by atoms with E-state index in [-0.39, 0.29) is 12.3 Å². The second-order valence-corrected chi connectivity index (χ2v) is 10.3. The Morgan fingerprint density at radius 2 is 1.82 bits per heavy atom. The van der Waals surface area contributed by atoms with E-state index in [4.69, 9.17) is 16.6 Å². The normalized spacial score (nSPS) is 18.3. The molecular formula is C24H28ClN7OS. The van der Waals surface area contributed by atoms with Crippen molar-refractivity contribution in [3.05, 3.63) is 62.5 Å². The van der Waals surface area contributed by atoms with E-state index in [0.29, 0.717) is 23.9 Å². The van der Waals surface area contributed by atoms with E-state index in [1.54, 1.807) is 11.3 Å². The number of rotatable bonds is 4. The molecule has 4 heterocycles. The molecule has 1 atom stereocenters. The van der Waals surface area contributed by atoms with Crippen LogP contribution in [0.2, 0.25) is 5.02 Å². The highest BCUT2D eigenvalue weighted by molar-refractivity contribution is 7.15. The first kappa shape index (κ1) is 23.2. The van der Waals surface area contributed by atoms with Gasteiger partial charge in [0.15, 0.2) is 5.82 Å². The fourth-order valence-corrected chi connectivity index (χ4v) is 5.95. The van der Waals surface area contributed by atoms with E-state index in [0.717, 1.165) is 40.8 Å². The molecule has 0 saturated carbocycles. The third-order valence-electron chi connectivity index (χ3n) is 6.67. The molecule has 2 aromatic heterocycles. The Labute approximate surface area is 208 Å². The molecule has 0 aliphatic carbocycles. The van der Waals surface area contributed by atoms with Crippen molar-refractivity contribution in [3.8, 4) is 5.00 Å². The van der Waals surface area contributed by atoms with Crippen LogP contribution in [-0.2, 0) is 4.79 Å². The predicted octanol–water partition coefficient (Wildman–Crippen LogP) is 3.47. The highest BCUT2D eigenvalue weighted by Crippen LogP contribution is 2.39. The summed E-state index contributed by atoms with van der Waals surface area (Å²) in [5.41, 5.74) is 7.26. The first-order valence-electron chi connectivity index (χ1n) is 11.4. The van der Waals surface area contributed by atoms with Gasteiger partial charge in [0.1, 0.15) is 16.9 Å². The van der Waals surface area contributed by atoms with Gasteiger partial charge in [-0.25, -0.2) is 5.01 Å². The number of fused-ring (bicyclic) bond motifs is 3. The number of nitrogens with one attached hydrogen (secondary N) is 1. The third-order valence-corrected chi connectivity index (χ3v) is 8.12. The molecule has 2 aliphatic rings. The predicted molar refractivity (Wildman–Crippen MR) is 135 cm³/mol. The summed E-state index contributed by atoms with van der Waals surface area (Å²) in [5, 5.41) is 12.7. The zero-order valence-corrected chi connectivity index (χ0v) is 21.4. The maximum Gasteiger partial charge on any atom is 0.225 e. The van der Waals surface area contributed by atoms with Crippen LogP contribution < -0.4 is 5.43 Å². The number of aromatic nitrogens is 3. The minimum Gasteiger partial charge on any atom is -0.340 e. The van der Waals surface area contributed by atoms with E-state index in [1.807, 2.05) is 43.1 Å². The number of hydrogen-bond donors (Lipinski definition) is 1.